The van der Waals surface area contributed by atoms with E-state index in [1.54, 1.807) is 22.9 Å². The molecule has 2 aromatic heterocycles. The van der Waals surface area contributed by atoms with E-state index in [0.29, 0.717) is 10.9 Å². The normalized spacial score (nSPS) is 9.45. The van der Waals surface area contributed by atoms with E-state index in [1.165, 1.54) is 0 Å². The average Bonchev–Trinajstić information content (AvgIpc) is 2.34. The van der Waals surface area contributed by atoms with Gasteiger partial charge in [0.2, 0.25) is 0 Å². The van der Waals surface area contributed by atoms with Gasteiger partial charge < -0.3 is 12.6 Å². The first-order valence-corrected chi connectivity index (χ1v) is 3.11. The van der Waals surface area contributed by atoms with E-state index < -0.39 is 0 Å². The molecule has 2 rings (SSSR count). The molecule has 0 spiro atoms. The Labute approximate surface area is 90.7 Å². The van der Waals surface area contributed by atoms with Gasteiger partial charge in [-0.15, -0.1) is 5.10 Å². The molecule has 0 radical (unpaired) electrons. The number of nitrogens with zero attached hydrogens (tertiary/aromatic N) is 4. The van der Waals surface area contributed by atoms with Crippen LogP contribution in [0.25, 0.3) is 5.78 Å². The Bertz CT molecular complexity index is 360. The first-order chi connectivity index (χ1) is 4.88. The summed E-state index contributed by atoms with van der Waals surface area (Å²) < 4.78 is 1.65. The van der Waals surface area contributed by atoms with Crippen LogP contribution in [0.5, 0.6) is 0 Å². The largest absolute Gasteiger partial charge is 1.00 e. The van der Waals surface area contributed by atoms with Crippen LogP contribution in [-0.2, 0) is 12.6 Å². The minimum atomic E-state index is 0. The maximum Gasteiger partial charge on any atom is 1.00 e. The topological polar surface area (TPSA) is 43.1 Å². The number of hydrogen-bond donors (Lipinski definition) is 0. The second kappa shape index (κ2) is 3.44. The zero-order valence-corrected chi connectivity index (χ0v) is 8.75. The summed E-state index contributed by atoms with van der Waals surface area (Å²) in [6, 6.07) is 1.78. The molecule has 0 unspecified atom stereocenters. The Balaban J connectivity index is 0.000000605. The van der Waals surface area contributed by atoms with Crippen molar-refractivity contribution in [3.05, 3.63) is 18.5 Å². The quantitative estimate of drug-likeness (QED) is 0.316. The molecule has 4 nitrogen and oxygen atoms in total. The van der Waals surface area contributed by atoms with Gasteiger partial charge in [0.15, 0.2) is 0 Å². The van der Waals surface area contributed by atoms with Crippen LogP contribution in [0.3, 0.4) is 0 Å². The molecule has 6 heteroatoms. The molecule has 0 saturated carbocycles. The van der Waals surface area contributed by atoms with Gasteiger partial charge in [-0.1, -0.05) is 0 Å². The van der Waals surface area contributed by atoms with Crippen LogP contribution in [0, 0.1) is 0 Å². The molecule has 0 fully saturated rings. The smallest absolute Gasteiger partial charge is 0.740 e. The van der Waals surface area contributed by atoms with Gasteiger partial charge >= 0.3 is 29.6 Å². The van der Waals surface area contributed by atoms with E-state index in [0.717, 1.165) is 0 Å². The predicted octanol–water partition coefficient (Wildman–Crippen LogP) is -2.97. The van der Waals surface area contributed by atoms with Crippen molar-refractivity contribution in [1.29, 1.82) is 0 Å². The summed E-state index contributed by atoms with van der Waals surface area (Å²) in [4.78, 5) is 3.92. The minimum absolute atomic E-state index is 0. The van der Waals surface area contributed by atoms with Crippen LogP contribution in [0.15, 0.2) is 23.6 Å². The maximum atomic E-state index is 4.84. The molecule has 2 aromatic rings. The maximum absolute atomic E-state index is 4.84. The fraction of sp³-hybridized carbons (Fsp3) is 0. The molecule has 2 heterocycles. The van der Waals surface area contributed by atoms with Crippen molar-refractivity contribution in [2.45, 2.75) is 5.16 Å². The molecule has 11 heavy (non-hydrogen) atoms. The van der Waals surface area contributed by atoms with Gasteiger partial charge in [-0.05, 0) is 6.07 Å². The van der Waals surface area contributed by atoms with E-state index >= 15 is 0 Å². The number of hydrogen-bond acceptors (Lipinski definition) is 4. The van der Waals surface area contributed by atoms with Crippen molar-refractivity contribution in [3.8, 4) is 0 Å². The van der Waals surface area contributed by atoms with Crippen molar-refractivity contribution < 1.29 is 29.6 Å². The molecular formula is C5H3N4NaS. The third-order valence-corrected chi connectivity index (χ3v) is 1.44. The van der Waals surface area contributed by atoms with Crippen molar-refractivity contribution in [2.24, 2.45) is 0 Å². The van der Waals surface area contributed by atoms with Gasteiger partial charge in [-0.2, -0.15) is 5.10 Å². The van der Waals surface area contributed by atoms with Crippen LogP contribution in [0.1, 0.15) is 0 Å². The Kier molecular flexibility index (Phi) is 2.78. The van der Waals surface area contributed by atoms with Crippen molar-refractivity contribution in [3.63, 3.8) is 0 Å². The van der Waals surface area contributed by atoms with Gasteiger partial charge in [-0.3, -0.25) is 4.40 Å². The standard InChI is InChI=1S/C5H4N4S.Na/c10-5-8-7-4-6-2-1-3-9(4)5;/h1-3H,(H,8,10);/q;+1/p-1. The van der Waals surface area contributed by atoms with E-state index in [-0.39, 0.29) is 29.6 Å². The fourth-order valence-corrected chi connectivity index (χ4v) is 0.905. The zero-order valence-electron chi connectivity index (χ0n) is 5.93. The summed E-state index contributed by atoms with van der Waals surface area (Å²) in [7, 11) is 0. The van der Waals surface area contributed by atoms with Crippen LogP contribution < -0.4 is 29.6 Å². The van der Waals surface area contributed by atoms with Gasteiger partial charge in [0.25, 0.3) is 5.78 Å². The van der Waals surface area contributed by atoms with Crippen LogP contribution in [0.2, 0.25) is 0 Å². The van der Waals surface area contributed by atoms with Crippen molar-refractivity contribution in [2.75, 3.05) is 0 Å². The molecule has 50 valence electrons. The molecule has 0 aliphatic rings. The van der Waals surface area contributed by atoms with Crippen molar-refractivity contribution >= 4 is 18.4 Å². The predicted molar refractivity (Wildman–Crippen MR) is 36.4 cm³/mol. The van der Waals surface area contributed by atoms with E-state index in [1.807, 2.05) is 0 Å². The summed E-state index contributed by atoms with van der Waals surface area (Å²) in [6.45, 7) is 0. The number of aromatic nitrogens is 4. The second-order valence-electron chi connectivity index (χ2n) is 1.77. The molecule has 0 aliphatic heterocycles. The van der Waals surface area contributed by atoms with Crippen LogP contribution in [0.4, 0.5) is 0 Å². The van der Waals surface area contributed by atoms with E-state index in [4.69, 9.17) is 12.6 Å². The third kappa shape index (κ3) is 1.51. The van der Waals surface area contributed by atoms with Crippen molar-refractivity contribution in [1.82, 2.24) is 19.6 Å². The monoisotopic (exact) mass is 174 g/mol. The summed E-state index contributed by atoms with van der Waals surface area (Å²) in [5.74, 6) is 0.549. The van der Waals surface area contributed by atoms with E-state index in [9.17, 15) is 0 Å². The van der Waals surface area contributed by atoms with E-state index in [2.05, 4.69) is 15.2 Å². The molecule has 0 atom stereocenters. The Morgan fingerprint density at radius 3 is 2.91 bits per heavy atom. The summed E-state index contributed by atoms with van der Waals surface area (Å²) in [5.41, 5.74) is 0. The summed E-state index contributed by atoms with van der Waals surface area (Å²) in [6.07, 6.45) is 3.43. The van der Waals surface area contributed by atoms with Crippen LogP contribution >= 0.6 is 0 Å². The average molecular weight is 174 g/mol. The van der Waals surface area contributed by atoms with Gasteiger partial charge in [0.05, 0.1) is 0 Å². The Morgan fingerprint density at radius 1 is 1.36 bits per heavy atom. The zero-order chi connectivity index (χ0) is 6.97. The molecule has 0 N–H and O–H groups in total. The SMILES string of the molecule is [Na+].[S-]c1nnc2ncccn12. The first kappa shape index (κ1) is 8.86. The summed E-state index contributed by atoms with van der Waals surface area (Å²) in [5, 5.41) is 7.82. The van der Waals surface area contributed by atoms with Gasteiger partial charge in [0, 0.05) is 17.6 Å². The summed E-state index contributed by atoms with van der Waals surface area (Å²) >= 11 is 4.84. The van der Waals surface area contributed by atoms with Gasteiger partial charge in [0.1, 0.15) is 0 Å². The number of fused-ring (bicyclic) bond motifs is 1. The number of rotatable bonds is 0. The third-order valence-electron chi connectivity index (χ3n) is 1.16. The first-order valence-electron chi connectivity index (χ1n) is 2.71. The Morgan fingerprint density at radius 2 is 2.18 bits per heavy atom. The molecule has 0 bridgehead atoms. The fourth-order valence-electron chi connectivity index (χ4n) is 0.722. The molecule has 0 aromatic carbocycles. The second-order valence-corrected chi connectivity index (χ2v) is 2.14. The molecular weight excluding hydrogens is 171 g/mol. The minimum Gasteiger partial charge on any atom is -0.740 e. The molecule has 0 aliphatic carbocycles. The van der Waals surface area contributed by atoms with Crippen LogP contribution in [-0.4, -0.2) is 19.6 Å². The molecule has 0 amide bonds. The Hall–Kier alpha value is -0.230. The molecule has 0 saturated heterocycles. The van der Waals surface area contributed by atoms with Gasteiger partial charge in [-0.25, -0.2) is 4.98 Å².